The van der Waals surface area contributed by atoms with E-state index in [1.165, 1.54) is 0 Å². The number of nitrogens with one attached hydrogen (secondary N) is 1. The van der Waals surface area contributed by atoms with E-state index >= 15 is 0 Å². The second-order valence-electron chi connectivity index (χ2n) is 6.67. The number of ether oxygens (including phenoxy) is 2. The lowest BCUT2D eigenvalue weighted by Crippen LogP contribution is -2.91. The highest BCUT2D eigenvalue weighted by Gasteiger charge is 3.02. The Morgan fingerprint density at radius 2 is 1.73 bits per heavy atom. The van der Waals surface area contributed by atoms with Crippen LogP contribution in [0.2, 0.25) is 0 Å². The molecule has 0 unspecified atom stereocenters. The quantitative estimate of drug-likeness (QED) is 0.684. The van der Waals surface area contributed by atoms with Crippen molar-refractivity contribution >= 4 is 5.84 Å². The molecule has 1 aliphatic heterocycles. The zero-order valence-corrected chi connectivity index (χ0v) is 14.0. The maximum Gasteiger partial charge on any atom is 0.343 e. The van der Waals surface area contributed by atoms with Crippen molar-refractivity contribution in [1.29, 1.82) is 10.5 Å². The molecule has 3 atom stereocenters. The average molecular weight is 305 g/mol. The molecule has 0 bridgehead atoms. The van der Waals surface area contributed by atoms with Gasteiger partial charge in [0, 0.05) is 5.41 Å². The van der Waals surface area contributed by atoms with Gasteiger partial charge in [0.1, 0.15) is 0 Å². The summed E-state index contributed by atoms with van der Waals surface area (Å²) in [7, 11) is 0. The maximum atomic E-state index is 10.0. The van der Waals surface area contributed by atoms with Gasteiger partial charge in [-0.05, 0) is 26.2 Å². The fourth-order valence-electron chi connectivity index (χ4n) is 4.67. The van der Waals surface area contributed by atoms with Crippen LogP contribution in [0.4, 0.5) is 0 Å². The number of rotatable bonds is 6. The van der Waals surface area contributed by atoms with Gasteiger partial charge < -0.3 is 9.47 Å². The first-order valence-corrected chi connectivity index (χ1v) is 7.80. The fourth-order valence-corrected chi connectivity index (χ4v) is 4.67. The molecule has 2 rings (SSSR count). The highest BCUT2D eigenvalue weighted by Crippen LogP contribution is 2.83. The van der Waals surface area contributed by atoms with Gasteiger partial charge in [-0.2, -0.15) is 10.5 Å². The number of nitriles is 2. The Kier molecular flexibility index (Phi) is 3.76. The topological polar surface area (TPSA) is 106 Å². The molecule has 0 amide bonds. The number of hydrogen-bond acceptors (Lipinski definition) is 5. The first-order valence-electron chi connectivity index (χ1n) is 7.80. The monoisotopic (exact) mass is 305 g/mol. The normalized spacial score (nSPS) is 38.1. The molecule has 120 valence electrons. The molecule has 22 heavy (non-hydrogen) atoms. The van der Waals surface area contributed by atoms with Crippen molar-refractivity contribution in [2.24, 2.45) is 27.9 Å². The van der Waals surface area contributed by atoms with Crippen LogP contribution >= 0.6 is 0 Å². The molecule has 0 radical (unpaired) electrons. The predicted molar refractivity (Wildman–Crippen MR) is 79.8 cm³/mol. The largest absolute Gasteiger partial charge is 0.343 e. The minimum Gasteiger partial charge on any atom is -0.314 e. The first-order chi connectivity index (χ1) is 10.3. The molecule has 0 aromatic rings. The number of fused-ring (bicyclic) bond motifs is 1. The van der Waals surface area contributed by atoms with Crippen molar-refractivity contribution in [1.82, 2.24) is 0 Å². The van der Waals surface area contributed by atoms with Gasteiger partial charge in [-0.3, -0.25) is 5.73 Å². The van der Waals surface area contributed by atoms with Crippen molar-refractivity contribution in [2.75, 3.05) is 13.2 Å². The van der Waals surface area contributed by atoms with Gasteiger partial charge in [-0.15, -0.1) is 0 Å². The molecule has 1 aliphatic carbocycles. The van der Waals surface area contributed by atoms with Crippen LogP contribution in [0.5, 0.6) is 0 Å². The number of nitrogens with zero attached hydrogens (tertiary/aromatic N) is 2. The Labute approximate surface area is 131 Å². The lowest BCUT2D eigenvalue weighted by Gasteiger charge is -2.32. The van der Waals surface area contributed by atoms with Crippen molar-refractivity contribution in [2.45, 2.75) is 47.0 Å². The number of nitrogens with two attached hydrogens (primary N) is 1. The van der Waals surface area contributed by atoms with Crippen LogP contribution in [-0.2, 0) is 9.47 Å². The highest BCUT2D eigenvalue weighted by molar-refractivity contribution is 5.94. The van der Waals surface area contributed by atoms with E-state index in [0.717, 1.165) is 0 Å². The minimum absolute atomic E-state index is 0.279. The molecule has 6 nitrogen and oxygen atoms in total. The Bertz CT molecular complexity index is 582. The minimum atomic E-state index is -1.37. The zero-order chi connectivity index (χ0) is 16.8. The molecule has 1 heterocycles. The standard InChI is InChI=1S/C16H24N4O2/c1-6-21-16(22-7-2)15(10-18)13(5,8-11(3)4)14(15,9-17)12(19)20-16/h11H,6-8H2,1-5H3,(H2,19,20)/p+1/t13-,14+,15-/m1/s1. The summed E-state index contributed by atoms with van der Waals surface area (Å²) in [5.41, 5.74) is 3.33. The van der Waals surface area contributed by atoms with Gasteiger partial charge in [-0.25, -0.2) is 4.99 Å². The van der Waals surface area contributed by atoms with E-state index in [9.17, 15) is 10.5 Å². The van der Waals surface area contributed by atoms with Gasteiger partial charge in [0.15, 0.2) is 10.8 Å². The summed E-state index contributed by atoms with van der Waals surface area (Å²) in [4.78, 5) is 2.99. The molecule has 0 aromatic carbocycles. The Balaban J connectivity index is 2.69. The van der Waals surface area contributed by atoms with Crippen molar-refractivity contribution in [3.05, 3.63) is 0 Å². The molecular formula is C16H25N4O2+. The van der Waals surface area contributed by atoms with Gasteiger partial charge in [0.25, 0.3) is 5.84 Å². The molecule has 0 aromatic heterocycles. The van der Waals surface area contributed by atoms with E-state index < -0.39 is 22.2 Å². The molecule has 1 saturated carbocycles. The van der Waals surface area contributed by atoms with Crippen LogP contribution in [0.15, 0.2) is 0 Å². The van der Waals surface area contributed by atoms with Gasteiger partial charge >= 0.3 is 5.91 Å². The smallest absolute Gasteiger partial charge is 0.314 e. The van der Waals surface area contributed by atoms with Crippen LogP contribution in [0.1, 0.15) is 41.0 Å². The average Bonchev–Trinajstić information content (AvgIpc) is 2.81. The molecule has 6 heteroatoms. The summed E-state index contributed by atoms with van der Waals surface area (Å²) in [6.07, 6.45) is 0.693. The second kappa shape index (κ2) is 4.94. The summed E-state index contributed by atoms with van der Waals surface area (Å²) < 4.78 is 11.7. The Morgan fingerprint density at radius 1 is 1.18 bits per heavy atom. The summed E-state index contributed by atoms with van der Waals surface area (Å²) in [5.74, 6) is -0.768. The van der Waals surface area contributed by atoms with Crippen molar-refractivity contribution in [3.8, 4) is 12.1 Å². The van der Waals surface area contributed by atoms with Crippen LogP contribution < -0.4 is 10.7 Å². The van der Waals surface area contributed by atoms with Gasteiger partial charge in [0.2, 0.25) is 0 Å². The Morgan fingerprint density at radius 3 is 2.09 bits per heavy atom. The van der Waals surface area contributed by atoms with Crippen LogP contribution in [0, 0.1) is 44.8 Å². The predicted octanol–water partition coefficient (Wildman–Crippen LogP) is 0.251. The summed E-state index contributed by atoms with van der Waals surface area (Å²) in [6.45, 7) is 10.5. The lowest BCUT2D eigenvalue weighted by molar-refractivity contribution is -0.695. The third-order valence-electron chi connectivity index (χ3n) is 5.20. The zero-order valence-electron chi connectivity index (χ0n) is 14.0. The fraction of sp³-hybridized carbons (Fsp3) is 0.812. The SMILES string of the molecule is CCOC1(OCC)[NH+]=C(N)[C@@]2(C#N)[C@@](C)(CC(C)C)[C@@]12C#N. The second-order valence-corrected chi connectivity index (χ2v) is 6.67. The molecule has 3 N–H and O–H groups in total. The maximum absolute atomic E-state index is 10.0. The van der Waals surface area contributed by atoms with E-state index in [2.05, 4.69) is 31.0 Å². The van der Waals surface area contributed by atoms with Crippen LogP contribution in [0.25, 0.3) is 0 Å². The Hall–Kier alpha value is -1.63. The third kappa shape index (κ3) is 1.42. The molecule has 0 spiro atoms. The van der Waals surface area contributed by atoms with E-state index in [1.54, 1.807) is 0 Å². The molecule has 2 aliphatic rings. The molecular weight excluding hydrogens is 280 g/mol. The highest BCUT2D eigenvalue weighted by atomic mass is 16.7. The van der Waals surface area contributed by atoms with Crippen molar-refractivity contribution in [3.63, 3.8) is 0 Å². The van der Waals surface area contributed by atoms with Gasteiger partial charge in [-0.1, -0.05) is 20.8 Å². The summed E-state index contributed by atoms with van der Waals surface area (Å²) in [5, 5.41) is 19.9. The van der Waals surface area contributed by atoms with Crippen LogP contribution in [0.3, 0.4) is 0 Å². The first kappa shape index (κ1) is 16.7. The number of hydrogen-bond donors (Lipinski definition) is 2. The summed E-state index contributed by atoms with van der Waals surface area (Å²) >= 11 is 0. The van der Waals surface area contributed by atoms with E-state index in [1.807, 2.05) is 20.8 Å². The van der Waals surface area contributed by atoms with Gasteiger partial charge in [0.05, 0.1) is 25.4 Å². The van der Waals surface area contributed by atoms with Crippen LogP contribution in [-0.4, -0.2) is 25.0 Å². The number of amidine groups is 1. The summed E-state index contributed by atoms with van der Waals surface area (Å²) in [6, 6.07) is 4.67. The van der Waals surface area contributed by atoms with E-state index in [0.29, 0.717) is 25.6 Å². The molecule has 1 fully saturated rings. The van der Waals surface area contributed by atoms with Crippen molar-refractivity contribution < 1.29 is 14.5 Å². The van der Waals surface area contributed by atoms with E-state index in [4.69, 9.17) is 15.2 Å². The lowest BCUT2D eigenvalue weighted by atomic mass is 9.84. The van der Waals surface area contributed by atoms with E-state index in [-0.39, 0.29) is 5.84 Å². The molecule has 0 saturated heterocycles. The third-order valence-corrected chi connectivity index (χ3v) is 5.20.